The number of halogens is 3. The Morgan fingerprint density at radius 1 is 1.45 bits per heavy atom. The number of hydrogen-bond acceptors (Lipinski definition) is 3. The molecule has 0 radical (unpaired) electrons. The van der Waals surface area contributed by atoms with E-state index in [1.54, 1.807) is 0 Å². The van der Waals surface area contributed by atoms with E-state index >= 15 is 0 Å². The van der Waals surface area contributed by atoms with Crippen LogP contribution in [-0.4, -0.2) is 21.1 Å². The molecule has 1 amide bonds. The number of carbonyl (C=O) groups is 1. The molecule has 1 aromatic heterocycles. The number of nitrogens with one attached hydrogen (secondary N) is 2. The molecule has 2 N–H and O–H groups in total. The molecule has 5 nitrogen and oxygen atoms in total. The van der Waals surface area contributed by atoms with E-state index in [1.165, 1.54) is 0 Å². The Hall–Kier alpha value is -2.02. The van der Waals surface area contributed by atoms with Crippen molar-refractivity contribution in [1.82, 2.24) is 15.2 Å². The van der Waals surface area contributed by atoms with E-state index in [1.807, 2.05) is 6.92 Å². The average molecular weight is 301 g/mol. The number of aromatic nitrogens is 3. The molecule has 0 saturated carbocycles. The molecule has 2 rings (SSSR count). The summed E-state index contributed by atoms with van der Waals surface area (Å²) in [6, 6.07) is 1.53. The molecule has 106 valence electrons. The van der Waals surface area contributed by atoms with E-state index < -0.39 is 17.5 Å². The standard InChI is InChI=1S/C12H11ClF2N4O/c1-2-3-9-16-11(19-18-9)12(20)17-10-7(13)4-6(14)5-8(10)15/h4-5H,2-3H2,1H3,(H,17,20)(H,16,18,19). The maximum absolute atomic E-state index is 13.5. The van der Waals surface area contributed by atoms with Crippen LogP contribution in [0.25, 0.3) is 0 Å². The monoisotopic (exact) mass is 300 g/mol. The fourth-order valence-corrected chi connectivity index (χ4v) is 1.82. The van der Waals surface area contributed by atoms with E-state index in [-0.39, 0.29) is 16.5 Å². The molecule has 8 heteroatoms. The third kappa shape index (κ3) is 3.11. The predicted octanol–water partition coefficient (Wildman–Crippen LogP) is 2.94. The minimum absolute atomic E-state index is 0.131. The topological polar surface area (TPSA) is 70.7 Å². The number of H-pyrrole nitrogens is 1. The Labute approximate surface area is 118 Å². The highest BCUT2D eigenvalue weighted by Gasteiger charge is 2.17. The van der Waals surface area contributed by atoms with E-state index in [9.17, 15) is 13.6 Å². The van der Waals surface area contributed by atoms with Crippen molar-refractivity contribution in [1.29, 1.82) is 0 Å². The van der Waals surface area contributed by atoms with Gasteiger partial charge in [-0.05, 0) is 12.5 Å². The van der Waals surface area contributed by atoms with Gasteiger partial charge in [-0.15, -0.1) is 5.10 Å². The van der Waals surface area contributed by atoms with Gasteiger partial charge in [0.2, 0.25) is 5.82 Å². The second kappa shape index (κ2) is 5.96. The molecule has 0 aliphatic rings. The van der Waals surface area contributed by atoms with E-state index in [2.05, 4.69) is 20.5 Å². The van der Waals surface area contributed by atoms with Gasteiger partial charge in [0.15, 0.2) is 5.82 Å². The Morgan fingerprint density at radius 2 is 2.20 bits per heavy atom. The quantitative estimate of drug-likeness (QED) is 0.912. The van der Waals surface area contributed by atoms with Gasteiger partial charge in [-0.1, -0.05) is 18.5 Å². The van der Waals surface area contributed by atoms with Crippen molar-refractivity contribution in [2.24, 2.45) is 0 Å². The summed E-state index contributed by atoms with van der Waals surface area (Å²) in [6.07, 6.45) is 1.49. The highest BCUT2D eigenvalue weighted by atomic mass is 35.5. The second-order valence-electron chi connectivity index (χ2n) is 4.05. The average Bonchev–Trinajstić information content (AvgIpc) is 2.82. The van der Waals surface area contributed by atoms with Crippen LogP contribution in [-0.2, 0) is 6.42 Å². The van der Waals surface area contributed by atoms with Crippen LogP contribution in [0.1, 0.15) is 29.8 Å². The predicted molar refractivity (Wildman–Crippen MR) is 69.7 cm³/mol. The molecule has 0 fully saturated rings. The molecule has 0 spiro atoms. The van der Waals surface area contributed by atoms with Crippen LogP contribution in [0.5, 0.6) is 0 Å². The van der Waals surface area contributed by atoms with Crippen molar-refractivity contribution < 1.29 is 13.6 Å². The molecule has 1 aromatic carbocycles. The summed E-state index contributed by atoms with van der Waals surface area (Å²) in [5.41, 5.74) is -0.306. The van der Waals surface area contributed by atoms with Crippen LogP contribution >= 0.6 is 11.6 Å². The fourth-order valence-electron chi connectivity index (χ4n) is 1.58. The first kappa shape index (κ1) is 14.4. The van der Waals surface area contributed by atoms with Gasteiger partial charge in [-0.3, -0.25) is 9.89 Å². The lowest BCUT2D eigenvalue weighted by atomic mass is 10.3. The lowest BCUT2D eigenvalue weighted by Crippen LogP contribution is -2.15. The Bertz CT molecular complexity index is 621. The van der Waals surface area contributed by atoms with Crippen LogP contribution in [0, 0.1) is 11.6 Å². The van der Waals surface area contributed by atoms with Crippen molar-refractivity contribution >= 4 is 23.2 Å². The number of hydrogen-bond donors (Lipinski definition) is 2. The number of rotatable bonds is 4. The Kier molecular flexibility index (Phi) is 4.29. The maximum Gasteiger partial charge on any atom is 0.295 e. The Balaban J connectivity index is 2.19. The molecule has 0 saturated heterocycles. The van der Waals surface area contributed by atoms with Crippen molar-refractivity contribution in [3.63, 3.8) is 0 Å². The lowest BCUT2D eigenvalue weighted by Gasteiger charge is -2.06. The summed E-state index contributed by atoms with van der Waals surface area (Å²) in [7, 11) is 0. The summed E-state index contributed by atoms with van der Waals surface area (Å²) in [6.45, 7) is 1.95. The summed E-state index contributed by atoms with van der Waals surface area (Å²) in [4.78, 5) is 15.8. The molecular formula is C12H11ClF2N4O. The van der Waals surface area contributed by atoms with Gasteiger partial charge in [0.05, 0.1) is 10.7 Å². The number of nitrogens with zero attached hydrogens (tertiary/aromatic N) is 2. The molecule has 0 atom stereocenters. The molecule has 1 heterocycles. The number of anilines is 1. The number of amides is 1. The van der Waals surface area contributed by atoms with Crippen molar-refractivity contribution in [2.75, 3.05) is 5.32 Å². The van der Waals surface area contributed by atoms with Crippen LogP contribution < -0.4 is 5.32 Å². The summed E-state index contributed by atoms with van der Waals surface area (Å²) < 4.78 is 26.4. The normalized spacial score (nSPS) is 10.6. The van der Waals surface area contributed by atoms with Gasteiger partial charge in [0.1, 0.15) is 11.6 Å². The smallest absolute Gasteiger partial charge is 0.295 e. The number of aromatic amines is 1. The summed E-state index contributed by atoms with van der Waals surface area (Å²) in [5.74, 6) is -2.09. The molecular weight excluding hydrogens is 290 g/mol. The van der Waals surface area contributed by atoms with E-state index in [0.29, 0.717) is 18.3 Å². The van der Waals surface area contributed by atoms with Crippen molar-refractivity contribution in [3.05, 3.63) is 40.4 Å². The molecule has 0 bridgehead atoms. The molecule has 0 aliphatic heterocycles. The highest BCUT2D eigenvalue weighted by Crippen LogP contribution is 2.26. The molecule has 20 heavy (non-hydrogen) atoms. The molecule has 0 unspecified atom stereocenters. The first-order valence-corrected chi connectivity index (χ1v) is 6.26. The van der Waals surface area contributed by atoms with Crippen LogP contribution in [0.3, 0.4) is 0 Å². The van der Waals surface area contributed by atoms with Crippen molar-refractivity contribution in [3.8, 4) is 0 Å². The van der Waals surface area contributed by atoms with Gasteiger partial charge >= 0.3 is 0 Å². The van der Waals surface area contributed by atoms with Crippen LogP contribution in [0.4, 0.5) is 14.5 Å². The minimum Gasteiger partial charge on any atom is -0.315 e. The lowest BCUT2D eigenvalue weighted by molar-refractivity contribution is 0.101. The molecule has 0 aliphatic carbocycles. The zero-order valence-electron chi connectivity index (χ0n) is 10.5. The SMILES string of the molecule is CCCc1nc(C(=O)Nc2c(F)cc(F)cc2Cl)n[nH]1. The molecule has 2 aromatic rings. The maximum atomic E-state index is 13.5. The number of aryl methyl sites for hydroxylation is 1. The Morgan fingerprint density at radius 3 is 2.85 bits per heavy atom. The van der Waals surface area contributed by atoms with Crippen LogP contribution in [0.15, 0.2) is 12.1 Å². The third-order valence-electron chi connectivity index (χ3n) is 2.47. The third-order valence-corrected chi connectivity index (χ3v) is 2.77. The minimum atomic E-state index is -0.965. The summed E-state index contributed by atoms with van der Waals surface area (Å²) >= 11 is 5.68. The zero-order valence-corrected chi connectivity index (χ0v) is 11.3. The fraction of sp³-hybridized carbons (Fsp3) is 0.250. The van der Waals surface area contributed by atoms with E-state index in [4.69, 9.17) is 11.6 Å². The largest absolute Gasteiger partial charge is 0.315 e. The van der Waals surface area contributed by atoms with Gasteiger partial charge in [0.25, 0.3) is 5.91 Å². The van der Waals surface area contributed by atoms with Gasteiger partial charge in [-0.2, -0.15) is 0 Å². The van der Waals surface area contributed by atoms with Crippen LogP contribution in [0.2, 0.25) is 5.02 Å². The van der Waals surface area contributed by atoms with E-state index in [0.717, 1.165) is 12.5 Å². The van der Waals surface area contributed by atoms with Crippen molar-refractivity contribution in [2.45, 2.75) is 19.8 Å². The zero-order chi connectivity index (χ0) is 14.7. The van der Waals surface area contributed by atoms with Gasteiger partial charge in [0, 0.05) is 12.5 Å². The highest BCUT2D eigenvalue weighted by molar-refractivity contribution is 6.33. The van der Waals surface area contributed by atoms with Gasteiger partial charge in [-0.25, -0.2) is 13.8 Å². The summed E-state index contributed by atoms with van der Waals surface area (Å²) in [5, 5.41) is 8.31. The number of carbonyl (C=O) groups excluding carboxylic acids is 1. The number of benzene rings is 1. The first-order valence-electron chi connectivity index (χ1n) is 5.88. The first-order chi connectivity index (χ1) is 9.51. The second-order valence-corrected chi connectivity index (χ2v) is 4.46. The van der Waals surface area contributed by atoms with Gasteiger partial charge < -0.3 is 5.32 Å².